The van der Waals surface area contributed by atoms with Crippen molar-refractivity contribution in [1.29, 1.82) is 0 Å². The third-order valence-electron chi connectivity index (χ3n) is 5.05. The van der Waals surface area contributed by atoms with E-state index in [9.17, 15) is 9.59 Å². The van der Waals surface area contributed by atoms with Gasteiger partial charge in [0.1, 0.15) is 0 Å². The maximum Gasteiger partial charge on any atom is 0.222 e. The molecule has 0 saturated carbocycles. The fourth-order valence-electron chi connectivity index (χ4n) is 3.32. The van der Waals surface area contributed by atoms with Gasteiger partial charge in [0.05, 0.1) is 0 Å². The maximum absolute atomic E-state index is 12.4. The molecule has 7 nitrogen and oxygen atoms in total. The number of rotatable bonds is 12. The third kappa shape index (κ3) is 11.1. The topological polar surface area (TPSA) is 77.0 Å². The third-order valence-corrected chi connectivity index (χ3v) is 5.05. The molecule has 0 bridgehead atoms. The smallest absolute Gasteiger partial charge is 0.222 e. The monoisotopic (exact) mass is 409 g/mol. The molecule has 0 atom stereocenters. The van der Waals surface area contributed by atoms with Crippen LogP contribution in [0.2, 0.25) is 0 Å². The average molecular weight is 410 g/mol. The number of unbranched alkanes of at least 4 members (excludes halogenated alkanes) is 3. The zero-order chi connectivity index (χ0) is 21.5. The van der Waals surface area contributed by atoms with Crippen molar-refractivity contribution in [2.24, 2.45) is 10.9 Å². The molecule has 1 saturated heterocycles. The van der Waals surface area contributed by atoms with Gasteiger partial charge in [0, 0.05) is 58.7 Å². The highest BCUT2D eigenvalue weighted by Crippen LogP contribution is 2.10. The fourth-order valence-corrected chi connectivity index (χ4v) is 3.32. The van der Waals surface area contributed by atoms with Crippen LogP contribution in [0, 0.1) is 5.92 Å². The largest absolute Gasteiger partial charge is 0.357 e. The van der Waals surface area contributed by atoms with Crippen LogP contribution >= 0.6 is 0 Å². The molecule has 7 heteroatoms. The summed E-state index contributed by atoms with van der Waals surface area (Å²) < 4.78 is 0. The summed E-state index contributed by atoms with van der Waals surface area (Å²) in [6.07, 6.45) is 6.42. The van der Waals surface area contributed by atoms with Crippen LogP contribution in [0.15, 0.2) is 4.99 Å². The van der Waals surface area contributed by atoms with Crippen LogP contribution in [0.3, 0.4) is 0 Å². The first kappa shape index (κ1) is 25.2. The Hall–Kier alpha value is -1.79. The predicted octanol–water partition coefficient (Wildman–Crippen LogP) is 2.62. The normalized spacial score (nSPS) is 15.0. The highest BCUT2D eigenvalue weighted by atomic mass is 16.2. The molecule has 1 rings (SSSR count). The van der Waals surface area contributed by atoms with E-state index in [-0.39, 0.29) is 11.8 Å². The standard InChI is InChI=1S/C22H43N5O2/c1-5-7-12-24-22(23-6-2)25-13-10-8-9-11-20(28)26-14-16-27(17-15-26)21(29)18-19(3)4/h19H,5-18H2,1-4H3,(H2,23,24,25). The van der Waals surface area contributed by atoms with E-state index in [1.54, 1.807) is 0 Å². The molecule has 0 spiro atoms. The molecule has 1 heterocycles. The van der Waals surface area contributed by atoms with Gasteiger partial charge in [-0.25, -0.2) is 0 Å². The molecule has 2 amide bonds. The summed E-state index contributed by atoms with van der Waals surface area (Å²) in [6.45, 7) is 13.7. The van der Waals surface area contributed by atoms with Gasteiger partial charge >= 0.3 is 0 Å². The number of amides is 2. The van der Waals surface area contributed by atoms with Gasteiger partial charge in [0.15, 0.2) is 5.96 Å². The van der Waals surface area contributed by atoms with Crippen LogP contribution in [-0.4, -0.2) is 73.4 Å². The zero-order valence-electron chi connectivity index (χ0n) is 19.1. The zero-order valence-corrected chi connectivity index (χ0v) is 19.1. The summed E-state index contributed by atoms with van der Waals surface area (Å²) in [4.78, 5) is 32.9. The quantitative estimate of drug-likeness (QED) is 0.295. The Balaban J connectivity index is 2.17. The van der Waals surface area contributed by atoms with Crippen LogP contribution in [-0.2, 0) is 9.59 Å². The molecular formula is C22H43N5O2. The highest BCUT2D eigenvalue weighted by Gasteiger charge is 2.23. The molecule has 0 aromatic heterocycles. The molecule has 0 aromatic carbocycles. The van der Waals surface area contributed by atoms with Crippen molar-refractivity contribution in [3.05, 3.63) is 0 Å². The van der Waals surface area contributed by atoms with E-state index in [0.29, 0.717) is 44.9 Å². The second-order valence-electron chi connectivity index (χ2n) is 8.21. The summed E-state index contributed by atoms with van der Waals surface area (Å²) in [6, 6.07) is 0. The van der Waals surface area contributed by atoms with Crippen LogP contribution in [0.5, 0.6) is 0 Å². The minimum Gasteiger partial charge on any atom is -0.357 e. The summed E-state index contributed by atoms with van der Waals surface area (Å²) in [5, 5.41) is 6.61. The number of carbonyl (C=O) groups is 2. The molecular weight excluding hydrogens is 366 g/mol. The number of aliphatic imine (C=N–C) groups is 1. The van der Waals surface area contributed by atoms with E-state index in [1.807, 2.05) is 9.80 Å². The molecule has 0 unspecified atom stereocenters. The Morgan fingerprint density at radius 2 is 1.55 bits per heavy atom. The lowest BCUT2D eigenvalue weighted by Gasteiger charge is -2.35. The molecule has 2 N–H and O–H groups in total. The molecule has 0 aliphatic carbocycles. The van der Waals surface area contributed by atoms with Gasteiger partial charge in [-0.1, -0.05) is 33.6 Å². The molecule has 0 radical (unpaired) electrons. The Kier molecular flexibility index (Phi) is 13.1. The Labute approximate surface area is 177 Å². The van der Waals surface area contributed by atoms with Crippen molar-refractivity contribution in [1.82, 2.24) is 20.4 Å². The molecule has 168 valence electrons. The van der Waals surface area contributed by atoms with Crippen molar-refractivity contribution >= 4 is 17.8 Å². The number of hydrogen-bond donors (Lipinski definition) is 2. The molecule has 1 fully saturated rings. The average Bonchev–Trinajstić information content (AvgIpc) is 2.70. The van der Waals surface area contributed by atoms with Crippen molar-refractivity contribution in [3.8, 4) is 0 Å². The summed E-state index contributed by atoms with van der Waals surface area (Å²) >= 11 is 0. The van der Waals surface area contributed by atoms with Crippen LogP contribution < -0.4 is 10.6 Å². The summed E-state index contributed by atoms with van der Waals surface area (Å²) in [5.74, 6) is 1.71. The second-order valence-corrected chi connectivity index (χ2v) is 8.21. The first-order valence-electron chi connectivity index (χ1n) is 11.6. The first-order chi connectivity index (χ1) is 14.0. The van der Waals surface area contributed by atoms with Crippen LogP contribution in [0.1, 0.15) is 72.6 Å². The summed E-state index contributed by atoms with van der Waals surface area (Å²) in [5.41, 5.74) is 0. The molecule has 0 aromatic rings. The molecule has 1 aliphatic rings. The second kappa shape index (κ2) is 15.1. The number of carbonyl (C=O) groups excluding carboxylic acids is 2. The van der Waals surface area contributed by atoms with E-state index in [2.05, 4.69) is 43.3 Å². The van der Waals surface area contributed by atoms with Crippen molar-refractivity contribution in [3.63, 3.8) is 0 Å². The van der Waals surface area contributed by atoms with Gasteiger partial charge in [-0.15, -0.1) is 0 Å². The number of nitrogens with zero attached hydrogens (tertiary/aromatic N) is 3. The van der Waals surface area contributed by atoms with Crippen molar-refractivity contribution in [2.75, 3.05) is 45.8 Å². The van der Waals surface area contributed by atoms with E-state index in [0.717, 1.165) is 51.3 Å². The van der Waals surface area contributed by atoms with E-state index < -0.39 is 0 Å². The first-order valence-corrected chi connectivity index (χ1v) is 11.6. The minimum absolute atomic E-state index is 0.216. The summed E-state index contributed by atoms with van der Waals surface area (Å²) in [7, 11) is 0. The SMILES string of the molecule is CCCCNC(=NCCCCCC(=O)N1CCN(C(=O)CC(C)C)CC1)NCC. The van der Waals surface area contributed by atoms with E-state index >= 15 is 0 Å². The van der Waals surface area contributed by atoms with Crippen LogP contribution in [0.25, 0.3) is 0 Å². The molecule has 1 aliphatic heterocycles. The Morgan fingerprint density at radius 3 is 2.14 bits per heavy atom. The van der Waals surface area contributed by atoms with Gasteiger partial charge < -0.3 is 20.4 Å². The van der Waals surface area contributed by atoms with Gasteiger partial charge in [-0.3, -0.25) is 14.6 Å². The van der Waals surface area contributed by atoms with Crippen molar-refractivity contribution in [2.45, 2.75) is 72.6 Å². The van der Waals surface area contributed by atoms with Gasteiger partial charge in [0.2, 0.25) is 11.8 Å². The lowest BCUT2D eigenvalue weighted by molar-refractivity contribution is -0.140. The van der Waals surface area contributed by atoms with E-state index in [4.69, 9.17) is 0 Å². The van der Waals surface area contributed by atoms with Gasteiger partial charge in [-0.2, -0.15) is 0 Å². The number of piperazine rings is 1. The number of guanidine groups is 1. The van der Waals surface area contributed by atoms with Gasteiger partial charge in [0.25, 0.3) is 0 Å². The predicted molar refractivity (Wildman–Crippen MR) is 120 cm³/mol. The lowest BCUT2D eigenvalue weighted by Crippen LogP contribution is -2.50. The fraction of sp³-hybridized carbons (Fsp3) is 0.864. The minimum atomic E-state index is 0.216. The maximum atomic E-state index is 12.4. The highest BCUT2D eigenvalue weighted by molar-refractivity contribution is 5.79. The van der Waals surface area contributed by atoms with Gasteiger partial charge in [-0.05, 0) is 32.1 Å². The number of nitrogens with one attached hydrogen (secondary N) is 2. The Morgan fingerprint density at radius 1 is 0.897 bits per heavy atom. The van der Waals surface area contributed by atoms with Crippen LogP contribution in [0.4, 0.5) is 0 Å². The number of hydrogen-bond acceptors (Lipinski definition) is 3. The Bertz CT molecular complexity index is 499. The van der Waals surface area contributed by atoms with E-state index in [1.165, 1.54) is 6.42 Å². The lowest BCUT2D eigenvalue weighted by atomic mass is 10.1. The molecule has 29 heavy (non-hydrogen) atoms. The van der Waals surface area contributed by atoms with Crippen molar-refractivity contribution < 1.29 is 9.59 Å².